The Balaban J connectivity index is 2.11. The molecule has 0 fully saturated rings. The van der Waals surface area contributed by atoms with Gasteiger partial charge in [0.25, 0.3) is 0 Å². The summed E-state index contributed by atoms with van der Waals surface area (Å²) >= 11 is 0. The fourth-order valence-corrected chi connectivity index (χ4v) is 1.08. The van der Waals surface area contributed by atoms with E-state index in [1.165, 1.54) is 0 Å². The van der Waals surface area contributed by atoms with Gasteiger partial charge in [-0.1, -0.05) is 0 Å². The minimum Gasteiger partial charge on any atom is -0.466 e. The lowest BCUT2D eigenvalue weighted by Gasteiger charge is -1.99. The predicted molar refractivity (Wildman–Crippen MR) is 48.2 cm³/mol. The van der Waals surface area contributed by atoms with Crippen molar-refractivity contribution in [3.63, 3.8) is 0 Å². The van der Waals surface area contributed by atoms with E-state index in [1.807, 2.05) is 13.1 Å². The van der Waals surface area contributed by atoms with Crippen molar-refractivity contribution in [2.45, 2.75) is 26.2 Å². The van der Waals surface area contributed by atoms with Crippen molar-refractivity contribution in [2.75, 3.05) is 6.61 Å². The summed E-state index contributed by atoms with van der Waals surface area (Å²) in [5, 5.41) is 6.54. The molecule has 1 heterocycles. The van der Waals surface area contributed by atoms with Gasteiger partial charge in [0.15, 0.2) is 0 Å². The Morgan fingerprint density at radius 3 is 3.15 bits per heavy atom. The molecule has 0 aromatic carbocycles. The standard InChI is InChI=1S/C9H14N2O2/c1-2-13-9(12)5-3-4-8-6-10-11-7-8/h6-7H,2-5H2,1H3,(H,10,11). The van der Waals surface area contributed by atoms with Crippen molar-refractivity contribution in [3.05, 3.63) is 18.0 Å². The van der Waals surface area contributed by atoms with Crippen molar-refractivity contribution in [1.29, 1.82) is 0 Å². The van der Waals surface area contributed by atoms with Crippen LogP contribution in [0.4, 0.5) is 0 Å². The largest absolute Gasteiger partial charge is 0.466 e. The van der Waals surface area contributed by atoms with Gasteiger partial charge in [0.2, 0.25) is 0 Å². The van der Waals surface area contributed by atoms with Gasteiger partial charge >= 0.3 is 5.97 Å². The predicted octanol–water partition coefficient (Wildman–Crippen LogP) is 1.30. The van der Waals surface area contributed by atoms with E-state index in [0.717, 1.165) is 18.4 Å². The molecule has 72 valence electrons. The quantitative estimate of drug-likeness (QED) is 0.698. The van der Waals surface area contributed by atoms with Gasteiger partial charge in [-0.2, -0.15) is 5.10 Å². The molecule has 1 N–H and O–H groups in total. The van der Waals surface area contributed by atoms with E-state index < -0.39 is 0 Å². The van der Waals surface area contributed by atoms with E-state index in [4.69, 9.17) is 4.74 Å². The third-order valence-electron chi connectivity index (χ3n) is 1.71. The molecule has 0 aliphatic carbocycles. The number of nitrogens with zero attached hydrogens (tertiary/aromatic N) is 1. The molecule has 13 heavy (non-hydrogen) atoms. The molecule has 0 spiro atoms. The van der Waals surface area contributed by atoms with Gasteiger partial charge in [0.05, 0.1) is 12.8 Å². The molecule has 0 amide bonds. The molecule has 0 atom stereocenters. The summed E-state index contributed by atoms with van der Waals surface area (Å²) in [6.45, 7) is 2.28. The van der Waals surface area contributed by atoms with Crippen molar-refractivity contribution in [1.82, 2.24) is 10.2 Å². The number of esters is 1. The summed E-state index contributed by atoms with van der Waals surface area (Å²) in [7, 11) is 0. The lowest BCUT2D eigenvalue weighted by Crippen LogP contribution is -2.03. The van der Waals surface area contributed by atoms with Crippen molar-refractivity contribution < 1.29 is 9.53 Å². The highest BCUT2D eigenvalue weighted by Gasteiger charge is 2.01. The van der Waals surface area contributed by atoms with Gasteiger partial charge < -0.3 is 4.74 Å². The molecular weight excluding hydrogens is 168 g/mol. The summed E-state index contributed by atoms with van der Waals surface area (Å²) in [6, 6.07) is 0. The molecule has 0 saturated heterocycles. The zero-order chi connectivity index (χ0) is 9.52. The van der Waals surface area contributed by atoms with Crippen LogP contribution in [-0.4, -0.2) is 22.8 Å². The van der Waals surface area contributed by atoms with Crippen LogP contribution in [0.25, 0.3) is 0 Å². The highest BCUT2D eigenvalue weighted by atomic mass is 16.5. The molecule has 1 rings (SSSR count). The second-order valence-corrected chi connectivity index (χ2v) is 2.77. The second-order valence-electron chi connectivity index (χ2n) is 2.77. The van der Waals surface area contributed by atoms with E-state index in [2.05, 4.69) is 10.2 Å². The van der Waals surface area contributed by atoms with Crippen LogP contribution in [0, 0.1) is 0 Å². The number of aryl methyl sites for hydroxylation is 1. The van der Waals surface area contributed by atoms with E-state index in [-0.39, 0.29) is 5.97 Å². The number of carbonyl (C=O) groups excluding carboxylic acids is 1. The topological polar surface area (TPSA) is 55.0 Å². The van der Waals surface area contributed by atoms with Crippen molar-refractivity contribution in [3.8, 4) is 0 Å². The smallest absolute Gasteiger partial charge is 0.305 e. The Bertz CT molecular complexity index is 244. The minimum absolute atomic E-state index is 0.119. The Morgan fingerprint density at radius 1 is 1.69 bits per heavy atom. The van der Waals surface area contributed by atoms with Crippen molar-refractivity contribution >= 4 is 5.97 Å². The lowest BCUT2D eigenvalue weighted by atomic mass is 10.1. The number of carbonyl (C=O) groups is 1. The van der Waals surface area contributed by atoms with Crippen LogP contribution >= 0.6 is 0 Å². The van der Waals surface area contributed by atoms with Crippen molar-refractivity contribution in [2.24, 2.45) is 0 Å². The molecule has 4 heteroatoms. The summed E-state index contributed by atoms with van der Waals surface area (Å²) < 4.78 is 4.80. The first kappa shape index (κ1) is 9.77. The first-order valence-corrected chi connectivity index (χ1v) is 4.46. The highest BCUT2D eigenvalue weighted by Crippen LogP contribution is 2.02. The molecule has 0 bridgehead atoms. The third-order valence-corrected chi connectivity index (χ3v) is 1.71. The fraction of sp³-hybridized carbons (Fsp3) is 0.556. The van der Waals surface area contributed by atoms with E-state index in [0.29, 0.717) is 13.0 Å². The van der Waals surface area contributed by atoms with Gasteiger partial charge in [-0.05, 0) is 25.3 Å². The van der Waals surface area contributed by atoms with E-state index >= 15 is 0 Å². The molecule has 0 aliphatic heterocycles. The average molecular weight is 182 g/mol. The fourth-order valence-electron chi connectivity index (χ4n) is 1.08. The number of aromatic amines is 1. The van der Waals surface area contributed by atoms with Gasteiger partial charge in [-0.3, -0.25) is 9.89 Å². The number of H-pyrrole nitrogens is 1. The van der Waals surface area contributed by atoms with Gasteiger partial charge in [-0.15, -0.1) is 0 Å². The highest BCUT2D eigenvalue weighted by molar-refractivity contribution is 5.69. The van der Waals surface area contributed by atoms with Crippen LogP contribution in [0.3, 0.4) is 0 Å². The molecule has 0 unspecified atom stereocenters. The zero-order valence-electron chi connectivity index (χ0n) is 7.75. The number of ether oxygens (including phenoxy) is 1. The van der Waals surface area contributed by atoms with Crippen LogP contribution in [-0.2, 0) is 16.0 Å². The molecule has 0 saturated carbocycles. The van der Waals surface area contributed by atoms with E-state index in [9.17, 15) is 4.79 Å². The number of hydrogen-bond acceptors (Lipinski definition) is 3. The second kappa shape index (κ2) is 5.35. The van der Waals surface area contributed by atoms with Gasteiger partial charge in [-0.25, -0.2) is 0 Å². The number of hydrogen-bond donors (Lipinski definition) is 1. The Labute approximate surface area is 77.3 Å². The summed E-state index contributed by atoms with van der Waals surface area (Å²) in [6.07, 6.45) is 5.78. The summed E-state index contributed by atoms with van der Waals surface area (Å²) in [5.74, 6) is -0.119. The van der Waals surface area contributed by atoms with Gasteiger partial charge in [0.1, 0.15) is 0 Å². The average Bonchev–Trinajstić information content (AvgIpc) is 2.57. The maximum atomic E-state index is 10.9. The Kier molecular flexibility index (Phi) is 4.02. The monoisotopic (exact) mass is 182 g/mol. The number of aromatic nitrogens is 2. The first-order chi connectivity index (χ1) is 6.33. The van der Waals surface area contributed by atoms with E-state index in [1.54, 1.807) is 6.20 Å². The maximum Gasteiger partial charge on any atom is 0.305 e. The number of nitrogens with one attached hydrogen (secondary N) is 1. The maximum absolute atomic E-state index is 10.9. The van der Waals surface area contributed by atoms with Crippen LogP contribution < -0.4 is 0 Å². The normalized spacial score (nSPS) is 9.92. The SMILES string of the molecule is CCOC(=O)CCCc1cn[nH]c1. The molecule has 4 nitrogen and oxygen atoms in total. The Morgan fingerprint density at radius 2 is 2.54 bits per heavy atom. The minimum atomic E-state index is -0.119. The summed E-state index contributed by atoms with van der Waals surface area (Å²) in [5.41, 5.74) is 1.13. The van der Waals surface area contributed by atoms with Crippen LogP contribution in [0.5, 0.6) is 0 Å². The Hall–Kier alpha value is -1.32. The van der Waals surface area contributed by atoms with Crippen LogP contribution in [0.2, 0.25) is 0 Å². The molecule has 0 radical (unpaired) electrons. The summed E-state index contributed by atoms with van der Waals surface area (Å²) in [4.78, 5) is 10.9. The van der Waals surface area contributed by atoms with Crippen LogP contribution in [0.1, 0.15) is 25.3 Å². The third kappa shape index (κ3) is 3.73. The van der Waals surface area contributed by atoms with Gasteiger partial charge in [0, 0.05) is 12.6 Å². The van der Waals surface area contributed by atoms with Crippen LogP contribution in [0.15, 0.2) is 12.4 Å². The molecule has 1 aromatic rings. The molecular formula is C9H14N2O2. The number of rotatable bonds is 5. The molecule has 1 aromatic heterocycles. The first-order valence-electron chi connectivity index (χ1n) is 4.46. The molecule has 0 aliphatic rings. The zero-order valence-corrected chi connectivity index (χ0v) is 7.75. The lowest BCUT2D eigenvalue weighted by molar-refractivity contribution is -0.143.